The minimum absolute atomic E-state index is 0.150. The van der Waals surface area contributed by atoms with E-state index in [-0.39, 0.29) is 11.2 Å². The number of nitrogens with one attached hydrogen (secondary N) is 1. The van der Waals surface area contributed by atoms with Crippen LogP contribution in [0.15, 0.2) is 24.3 Å². The van der Waals surface area contributed by atoms with Gasteiger partial charge >= 0.3 is 0 Å². The standard InChI is InChI=1S/C14H21FN2/c1-17(2)11-14(7-9-16-10-8-14)12-3-5-13(15)6-4-12/h3-6,16H,7-11H2,1-2H3. The Morgan fingerprint density at radius 1 is 1.18 bits per heavy atom. The van der Waals surface area contributed by atoms with Gasteiger partial charge in [0.05, 0.1) is 0 Å². The first-order valence-corrected chi connectivity index (χ1v) is 6.24. The molecule has 2 nitrogen and oxygen atoms in total. The van der Waals surface area contributed by atoms with Crippen molar-refractivity contribution >= 4 is 0 Å². The number of hydrogen-bond acceptors (Lipinski definition) is 2. The van der Waals surface area contributed by atoms with Gasteiger partial charge in [-0.25, -0.2) is 4.39 Å². The Kier molecular flexibility index (Phi) is 3.79. The Bertz CT molecular complexity index is 353. The van der Waals surface area contributed by atoms with Gasteiger partial charge in [0, 0.05) is 12.0 Å². The summed E-state index contributed by atoms with van der Waals surface area (Å²) in [4.78, 5) is 2.23. The second-order valence-electron chi connectivity index (χ2n) is 5.28. The Hall–Kier alpha value is -0.930. The van der Waals surface area contributed by atoms with Gasteiger partial charge in [0.2, 0.25) is 0 Å². The lowest BCUT2D eigenvalue weighted by Crippen LogP contribution is -2.46. The summed E-state index contributed by atoms with van der Waals surface area (Å²) in [5.74, 6) is -0.150. The van der Waals surface area contributed by atoms with Crippen LogP contribution in [0.25, 0.3) is 0 Å². The molecule has 2 rings (SSSR count). The van der Waals surface area contributed by atoms with E-state index in [1.807, 2.05) is 12.1 Å². The molecule has 0 saturated carbocycles. The van der Waals surface area contributed by atoms with Crippen LogP contribution in [0.2, 0.25) is 0 Å². The number of nitrogens with zero attached hydrogens (tertiary/aromatic N) is 1. The quantitative estimate of drug-likeness (QED) is 0.863. The molecule has 0 radical (unpaired) electrons. The molecule has 17 heavy (non-hydrogen) atoms. The smallest absolute Gasteiger partial charge is 0.123 e. The molecule has 1 aliphatic rings. The second-order valence-corrected chi connectivity index (χ2v) is 5.28. The number of rotatable bonds is 3. The van der Waals surface area contributed by atoms with Crippen molar-refractivity contribution in [2.75, 3.05) is 33.7 Å². The molecule has 0 aliphatic carbocycles. The molecule has 3 heteroatoms. The maximum atomic E-state index is 13.0. The first kappa shape index (κ1) is 12.5. The molecular formula is C14H21FN2. The first-order chi connectivity index (χ1) is 8.12. The Balaban J connectivity index is 2.28. The zero-order valence-electron chi connectivity index (χ0n) is 10.7. The molecule has 0 bridgehead atoms. The van der Waals surface area contributed by atoms with Gasteiger partial charge in [-0.15, -0.1) is 0 Å². The van der Waals surface area contributed by atoms with Crippen molar-refractivity contribution in [3.05, 3.63) is 35.6 Å². The third-order valence-electron chi connectivity index (χ3n) is 3.64. The van der Waals surface area contributed by atoms with Gasteiger partial charge in [0.15, 0.2) is 0 Å². The zero-order valence-corrected chi connectivity index (χ0v) is 10.7. The van der Waals surface area contributed by atoms with Gasteiger partial charge in [0.25, 0.3) is 0 Å². The van der Waals surface area contributed by atoms with E-state index in [1.165, 1.54) is 5.56 Å². The predicted molar refractivity (Wildman–Crippen MR) is 68.7 cm³/mol. The third kappa shape index (κ3) is 2.85. The average molecular weight is 236 g/mol. The molecule has 1 aromatic rings. The van der Waals surface area contributed by atoms with Crippen LogP contribution in [-0.2, 0) is 5.41 Å². The zero-order chi connectivity index (χ0) is 12.3. The fraction of sp³-hybridized carbons (Fsp3) is 0.571. The van der Waals surface area contributed by atoms with Crippen LogP contribution in [0.1, 0.15) is 18.4 Å². The molecule has 1 aromatic carbocycles. The van der Waals surface area contributed by atoms with Crippen LogP contribution in [0.3, 0.4) is 0 Å². The van der Waals surface area contributed by atoms with E-state index in [2.05, 4.69) is 24.3 Å². The highest BCUT2D eigenvalue weighted by Gasteiger charge is 2.34. The van der Waals surface area contributed by atoms with Crippen molar-refractivity contribution in [1.29, 1.82) is 0 Å². The second kappa shape index (κ2) is 5.15. The summed E-state index contributed by atoms with van der Waals surface area (Å²) in [5, 5.41) is 3.40. The summed E-state index contributed by atoms with van der Waals surface area (Å²) in [6.45, 7) is 3.12. The van der Waals surface area contributed by atoms with E-state index in [0.717, 1.165) is 32.5 Å². The first-order valence-electron chi connectivity index (χ1n) is 6.24. The van der Waals surface area contributed by atoms with Gasteiger partial charge < -0.3 is 10.2 Å². The minimum Gasteiger partial charge on any atom is -0.317 e. The fourth-order valence-corrected chi connectivity index (χ4v) is 2.85. The maximum Gasteiger partial charge on any atom is 0.123 e. The van der Waals surface area contributed by atoms with Gasteiger partial charge in [-0.3, -0.25) is 0 Å². The SMILES string of the molecule is CN(C)CC1(c2ccc(F)cc2)CCNCC1. The van der Waals surface area contributed by atoms with Crippen LogP contribution in [-0.4, -0.2) is 38.6 Å². The molecule has 1 N–H and O–H groups in total. The van der Waals surface area contributed by atoms with E-state index >= 15 is 0 Å². The molecule has 0 amide bonds. The lowest BCUT2D eigenvalue weighted by molar-refractivity contribution is 0.225. The Labute approximate surface area is 103 Å². The van der Waals surface area contributed by atoms with Gasteiger partial charge in [-0.1, -0.05) is 12.1 Å². The number of likely N-dealkylation sites (N-methyl/N-ethyl adjacent to an activating group) is 1. The van der Waals surface area contributed by atoms with Crippen molar-refractivity contribution in [1.82, 2.24) is 10.2 Å². The van der Waals surface area contributed by atoms with Crippen molar-refractivity contribution in [3.8, 4) is 0 Å². The molecule has 1 saturated heterocycles. The predicted octanol–water partition coefficient (Wildman–Crippen LogP) is 2.01. The molecule has 1 heterocycles. The normalized spacial score (nSPS) is 19.5. The average Bonchev–Trinajstić information content (AvgIpc) is 2.30. The molecule has 0 unspecified atom stereocenters. The van der Waals surface area contributed by atoms with Crippen molar-refractivity contribution in [2.45, 2.75) is 18.3 Å². The van der Waals surface area contributed by atoms with Crippen molar-refractivity contribution < 1.29 is 4.39 Å². The maximum absolute atomic E-state index is 13.0. The molecule has 0 aromatic heterocycles. The number of hydrogen-bond donors (Lipinski definition) is 1. The van der Waals surface area contributed by atoms with Crippen LogP contribution in [0.5, 0.6) is 0 Å². The van der Waals surface area contributed by atoms with E-state index < -0.39 is 0 Å². The van der Waals surface area contributed by atoms with Crippen LogP contribution < -0.4 is 5.32 Å². The molecule has 0 atom stereocenters. The summed E-state index contributed by atoms with van der Waals surface area (Å²) < 4.78 is 13.0. The van der Waals surface area contributed by atoms with E-state index in [4.69, 9.17) is 0 Å². The third-order valence-corrected chi connectivity index (χ3v) is 3.64. The molecule has 1 aliphatic heterocycles. The fourth-order valence-electron chi connectivity index (χ4n) is 2.85. The largest absolute Gasteiger partial charge is 0.317 e. The summed E-state index contributed by atoms with van der Waals surface area (Å²) in [6.07, 6.45) is 2.24. The van der Waals surface area contributed by atoms with Gasteiger partial charge in [-0.05, 0) is 57.7 Å². The monoisotopic (exact) mass is 236 g/mol. The lowest BCUT2D eigenvalue weighted by atomic mass is 9.73. The van der Waals surface area contributed by atoms with E-state index in [0.29, 0.717) is 0 Å². The molecular weight excluding hydrogens is 215 g/mol. The molecule has 94 valence electrons. The van der Waals surface area contributed by atoms with Gasteiger partial charge in [0.1, 0.15) is 5.82 Å². The molecule has 1 fully saturated rings. The number of benzene rings is 1. The molecule has 0 spiro atoms. The van der Waals surface area contributed by atoms with Crippen LogP contribution >= 0.6 is 0 Å². The highest BCUT2D eigenvalue weighted by Crippen LogP contribution is 2.34. The summed E-state index contributed by atoms with van der Waals surface area (Å²) in [5.41, 5.74) is 1.46. The highest BCUT2D eigenvalue weighted by atomic mass is 19.1. The minimum atomic E-state index is -0.150. The van der Waals surface area contributed by atoms with E-state index in [9.17, 15) is 4.39 Å². The van der Waals surface area contributed by atoms with E-state index in [1.54, 1.807) is 12.1 Å². The van der Waals surface area contributed by atoms with Crippen LogP contribution in [0, 0.1) is 5.82 Å². The summed E-state index contributed by atoms with van der Waals surface area (Å²) in [7, 11) is 4.21. The topological polar surface area (TPSA) is 15.3 Å². The summed E-state index contributed by atoms with van der Waals surface area (Å²) in [6, 6.07) is 7.05. The van der Waals surface area contributed by atoms with Crippen molar-refractivity contribution in [2.24, 2.45) is 0 Å². The number of halogens is 1. The Morgan fingerprint density at radius 2 is 1.76 bits per heavy atom. The van der Waals surface area contributed by atoms with Crippen LogP contribution in [0.4, 0.5) is 4.39 Å². The Morgan fingerprint density at radius 3 is 2.29 bits per heavy atom. The highest BCUT2D eigenvalue weighted by molar-refractivity contribution is 5.27. The number of piperidine rings is 1. The lowest BCUT2D eigenvalue weighted by Gasteiger charge is -2.40. The summed E-state index contributed by atoms with van der Waals surface area (Å²) >= 11 is 0. The van der Waals surface area contributed by atoms with Gasteiger partial charge in [-0.2, -0.15) is 0 Å². The van der Waals surface area contributed by atoms with Crippen molar-refractivity contribution in [3.63, 3.8) is 0 Å².